The number of nitrogens with one attached hydrogen (secondary N) is 1. The van der Waals surface area contributed by atoms with Crippen LogP contribution in [-0.4, -0.2) is 25.7 Å². The maximum absolute atomic E-state index is 11.9. The van der Waals surface area contributed by atoms with Gasteiger partial charge in [-0.15, -0.1) is 0 Å². The molecule has 4 nitrogen and oxygen atoms in total. The summed E-state index contributed by atoms with van der Waals surface area (Å²) >= 11 is 6.19. The lowest BCUT2D eigenvalue weighted by atomic mass is 10.1. The van der Waals surface area contributed by atoms with E-state index in [0.717, 1.165) is 12.0 Å². The largest absolute Gasteiger partial charge is 0.477 e. The van der Waals surface area contributed by atoms with Gasteiger partial charge in [0.25, 0.3) is 0 Å². The first-order chi connectivity index (χ1) is 9.63. The summed E-state index contributed by atoms with van der Waals surface area (Å²) < 4.78 is 10.9. The molecular formula is C15H22ClNO3. The molecule has 0 bridgehead atoms. The third-order valence-electron chi connectivity index (χ3n) is 2.78. The quantitative estimate of drug-likeness (QED) is 0.749. The normalized spacial score (nSPS) is 12.0. The fourth-order valence-corrected chi connectivity index (χ4v) is 2.12. The molecule has 0 aromatic heterocycles. The predicted octanol–water partition coefficient (Wildman–Crippen LogP) is 3.17. The minimum absolute atomic E-state index is 0.342. The number of benzene rings is 1. The zero-order valence-electron chi connectivity index (χ0n) is 12.2. The topological polar surface area (TPSA) is 47.6 Å². The molecule has 1 aromatic carbocycles. The molecule has 0 spiro atoms. The number of para-hydroxylation sites is 1. The van der Waals surface area contributed by atoms with Crippen molar-refractivity contribution >= 4 is 17.6 Å². The highest BCUT2D eigenvalue weighted by Gasteiger charge is 2.23. The van der Waals surface area contributed by atoms with Crippen molar-refractivity contribution in [1.29, 1.82) is 0 Å². The zero-order chi connectivity index (χ0) is 15.0. The van der Waals surface area contributed by atoms with Crippen molar-refractivity contribution < 1.29 is 14.3 Å². The van der Waals surface area contributed by atoms with Crippen molar-refractivity contribution in [2.45, 2.75) is 39.3 Å². The van der Waals surface area contributed by atoms with Gasteiger partial charge >= 0.3 is 5.97 Å². The smallest absolute Gasteiger partial charge is 0.347 e. The molecule has 1 atom stereocenters. The Morgan fingerprint density at radius 3 is 2.75 bits per heavy atom. The minimum atomic E-state index is -0.615. The molecule has 0 saturated heterocycles. The monoisotopic (exact) mass is 299 g/mol. The highest BCUT2D eigenvalue weighted by Crippen LogP contribution is 2.30. The summed E-state index contributed by atoms with van der Waals surface area (Å²) in [5.41, 5.74) is 0.922. The molecule has 1 N–H and O–H groups in total. The minimum Gasteiger partial charge on any atom is -0.477 e. The predicted molar refractivity (Wildman–Crippen MR) is 80.2 cm³/mol. The van der Waals surface area contributed by atoms with E-state index in [9.17, 15) is 4.79 Å². The number of carbonyl (C=O) groups excluding carboxylic acids is 1. The lowest BCUT2D eigenvalue weighted by Crippen LogP contribution is -2.30. The average molecular weight is 300 g/mol. The van der Waals surface area contributed by atoms with Gasteiger partial charge in [0.1, 0.15) is 5.75 Å². The van der Waals surface area contributed by atoms with Gasteiger partial charge in [0.15, 0.2) is 6.10 Å². The standard InChI is InChI=1S/C15H22ClNO3/c1-4-7-13(15(18)19-5-2)20-14-11(10-17-3)8-6-9-12(14)16/h6,8-9,13,17H,4-5,7,10H2,1-3H3. The van der Waals surface area contributed by atoms with E-state index in [0.29, 0.717) is 30.3 Å². The molecule has 0 radical (unpaired) electrons. The van der Waals surface area contributed by atoms with E-state index >= 15 is 0 Å². The van der Waals surface area contributed by atoms with Crippen LogP contribution in [0.4, 0.5) is 0 Å². The fraction of sp³-hybridized carbons (Fsp3) is 0.533. The van der Waals surface area contributed by atoms with Crippen LogP contribution in [0.3, 0.4) is 0 Å². The van der Waals surface area contributed by atoms with E-state index in [1.54, 1.807) is 13.0 Å². The van der Waals surface area contributed by atoms with Gasteiger partial charge in [0.05, 0.1) is 11.6 Å². The van der Waals surface area contributed by atoms with Gasteiger partial charge in [-0.05, 0) is 26.5 Å². The first kappa shape index (κ1) is 16.8. The summed E-state index contributed by atoms with van der Waals surface area (Å²) in [4.78, 5) is 11.9. The molecule has 1 rings (SSSR count). The lowest BCUT2D eigenvalue weighted by molar-refractivity contribution is -0.151. The van der Waals surface area contributed by atoms with Crippen LogP contribution in [0, 0.1) is 0 Å². The van der Waals surface area contributed by atoms with Crippen LogP contribution in [0.15, 0.2) is 18.2 Å². The van der Waals surface area contributed by atoms with Crippen LogP contribution < -0.4 is 10.1 Å². The van der Waals surface area contributed by atoms with Gasteiger partial charge in [0, 0.05) is 12.1 Å². The summed E-state index contributed by atoms with van der Waals surface area (Å²) in [5, 5.41) is 3.56. The zero-order valence-corrected chi connectivity index (χ0v) is 13.0. The van der Waals surface area contributed by atoms with E-state index in [1.165, 1.54) is 0 Å². The Kier molecular flexibility index (Phi) is 7.41. The van der Waals surface area contributed by atoms with Crippen LogP contribution in [0.1, 0.15) is 32.3 Å². The number of carbonyl (C=O) groups is 1. The number of ether oxygens (including phenoxy) is 2. The van der Waals surface area contributed by atoms with Gasteiger partial charge in [0.2, 0.25) is 0 Å². The molecule has 0 heterocycles. The highest BCUT2D eigenvalue weighted by atomic mass is 35.5. The lowest BCUT2D eigenvalue weighted by Gasteiger charge is -2.20. The number of esters is 1. The third kappa shape index (κ3) is 4.69. The Hall–Kier alpha value is -1.26. The maximum Gasteiger partial charge on any atom is 0.347 e. The van der Waals surface area contributed by atoms with E-state index in [2.05, 4.69) is 5.32 Å². The van der Waals surface area contributed by atoms with Gasteiger partial charge in [-0.25, -0.2) is 4.79 Å². The van der Waals surface area contributed by atoms with Crippen molar-refractivity contribution in [2.24, 2.45) is 0 Å². The Balaban J connectivity index is 2.94. The van der Waals surface area contributed by atoms with Crippen molar-refractivity contribution in [2.75, 3.05) is 13.7 Å². The van der Waals surface area contributed by atoms with E-state index in [1.807, 2.05) is 26.1 Å². The maximum atomic E-state index is 11.9. The molecule has 0 aliphatic carbocycles. The van der Waals surface area contributed by atoms with Crippen LogP contribution in [0.5, 0.6) is 5.75 Å². The first-order valence-electron chi connectivity index (χ1n) is 6.89. The van der Waals surface area contributed by atoms with E-state index < -0.39 is 6.10 Å². The molecule has 0 aliphatic rings. The number of hydrogen-bond donors (Lipinski definition) is 1. The van der Waals surface area contributed by atoms with Crippen molar-refractivity contribution in [3.8, 4) is 5.75 Å². The van der Waals surface area contributed by atoms with Crippen LogP contribution in [0.25, 0.3) is 0 Å². The van der Waals surface area contributed by atoms with Gasteiger partial charge in [-0.3, -0.25) is 0 Å². The van der Waals surface area contributed by atoms with E-state index in [-0.39, 0.29) is 5.97 Å². The fourth-order valence-electron chi connectivity index (χ4n) is 1.88. The summed E-state index contributed by atoms with van der Waals surface area (Å²) in [5.74, 6) is 0.208. The molecule has 0 aliphatic heterocycles. The second-order valence-corrected chi connectivity index (χ2v) is 4.81. The average Bonchev–Trinajstić information content (AvgIpc) is 2.42. The Morgan fingerprint density at radius 2 is 2.15 bits per heavy atom. The molecule has 0 saturated carbocycles. The van der Waals surface area contributed by atoms with Crippen LogP contribution in [-0.2, 0) is 16.1 Å². The number of hydrogen-bond acceptors (Lipinski definition) is 4. The van der Waals surface area contributed by atoms with Gasteiger partial charge < -0.3 is 14.8 Å². The first-order valence-corrected chi connectivity index (χ1v) is 7.27. The van der Waals surface area contributed by atoms with Crippen molar-refractivity contribution in [3.63, 3.8) is 0 Å². The van der Waals surface area contributed by atoms with E-state index in [4.69, 9.17) is 21.1 Å². The van der Waals surface area contributed by atoms with Crippen molar-refractivity contribution in [1.82, 2.24) is 5.32 Å². The summed E-state index contributed by atoms with van der Waals surface area (Å²) in [6, 6.07) is 5.54. The second-order valence-electron chi connectivity index (χ2n) is 4.41. The molecule has 20 heavy (non-hydrogen) atoms. The Morgan fingerprint density at radius 1 is 1.40 bits per heavy atom. The van der Waals surface area contributed by atoms with Gasteiger partial charge in [-0.1, -0.05) is 37.1 Å². The molecule has 112 valence electrons. The Labute approximate surface area is 125 Å². The summed E-state index contributed by atoms with van der Waals surface area (Å²) in [6.07, 6.45) is 0.814. The molecule has 1 aromatic rings. The third-order valence-corrected chi connectivity index (χ3v) is 3.07. The Bertz CT molecular complexity index is 437. The van der Waals surface area contributed by atoms with Crippen LogP contribution in [0.2, 0.25) is 5.02 Å². The van der Waals surface area contributed by atoms with Crippen LogP contribution >= 0.6 is 11.6 Å². The molecular weight excluding hydrogens is 278 g/mol. The SMILES string of the molecule is CCCC(Oc1c(Cl)cccc1CNC)C(=O)OCC. The molecule has 1 unspecified atom stereocenters. The highest BCUT2D eigenvalue weighted by molar-refractivity contribution is 6.32. The molecule has 0 amide bonds. The van der Waals surface area contributed by atoms with Crippen molar-refractivity contribution in [3.05, 3.63) is 28.8 Å². The second kappa shape index (κ2) is 8.82. The molecule has 5 heteroatoms. The number of rotatable bonds is 8. The summed E-state index contributed by atoms with van der Waals surface area (Å²) in [7, 11) is 1.85. The van der Waals surface area contributed by atoms with Gasteiger partial charge in [-0.2, -0.15) is 0 Å². The summed E-state index contributed by atoms with van der Waals surface area (Å²) in [6.45, 7) is 4.74. The number of halogens is 1. The molecule has 0 fully saturated rings.